The van der Waals surface area contributed by atoms with Crippen LogP contribution in [-0.4, -0.2) is 31.1 Å². The van der Waals surface area contributed by atoms with Crippen LogP contribution in [0.4, 0.5) is 0 Å². The van der Waals surface area contributed by atoms with Crippen LogP contribution in [0, 0.1) is 0 Å². The Labute approximate surface area is 151 Å². The number of benzene rings is 1. The number of halogens is 2. The van der Waals surface area contributed by atoms with Crippen molar-refractivity contribution in [2.24, 2.45) is 5.73 Å². The predicted molar refractivity (Wildman–Crippen MR) is 95.9 cm³/mol. The molecule has 1 aromatic rings. The Morgan fingerprint density at radius 3 is 2.61 bits per heavy atom. The van der Waals surface area contributed by atoms with Gasteiger partial charge in [0.2, 0.25) is 0 Å². The maximum atomic E-state index is 12.9. The zero-order valence-corrected chi connectivity index (χ0v) is 15.7. The third kappa shape index (κ3) is 3.61. The Morgan fingerprint density at radius 1 is 1.43 bits per heavy atom. The van der Waals surface area contributed by atoms with Gasteiger partial charge in [-0.1, -0.05) is 12.7 Å². The van der Waals surface area contributed by atoms with E-state index in [1.165, 1.54) is 6.20 Å². The van der Waals surface area contributed by atoms with E-state index >= 15 is 0 Å². The predicted octanol–water partition coefficient (Wildman–Crippen LogP) is 3.56. The average Bonchev–Trinajstić information content (AvgIpc) is 2.54. The van der Waals surface area contributed by atoms with Crippen molar-refractivity contribution < 1.29 is 14.3 Å². The van der Waals surface area contributed by atoms with E-state index < -0.39 is 0 Å². The van der Waals surface area contributed by atoms with Gasteiger partial charge in [0, 0.05) is 11.8 Å². The second kappa shape index (κ2) is 7.70. The van der Waals surface area contributed by atoms with Gasteiger partial charge in [0.15, 0.2) is 5.76 Å². The lowest BCUT2D eigenvalue weighted by Gasteiger charge is -2.31. The standard InChI is InChI=1S/C16H16Br2N2O3/c1-3-4-13-14(9-19)23-6-5-20(13)16(21)10-7-11(17)15(22-2)12(18)8-10/h3-4,7-9H,1,5-6,19H2,2H3/b13-4+,14-9+. The van der Waals surface area contributed by atoms with E-state index in [-0.39, 0.29) is 5.91 Å². The first-order valence-electron chi connectivity index (χ1n) is 6.76. The normalized spacial score (nSPS) is 18.0. The SMILES string of the molecule is C=C/C=C1\C(=C/N)OCCN1C(=O)c1cc(Br)c(OC)c(Br)c1. The maximum absolute atomic E-state index is 12.9. The topological polar surface area (TPSA) is 64.8 Å². The van der Waals surface area contributed by atoms with Crippen LogP contribution in [0.5, 0.6) is 5.75 Å². The van der Waals surface area contributed by atoms with Gasteiger partial charge in [-0.3, -0.25) is 4.79 Å². The summed E-state index contributed by atoms with van der Waals surface area (Å²) in [4.78, 5) is 14.5. The van der Waals surface area contributed by atoms with Crippen molar-refractivity contribution in [1.82, 2.24) is 4.90 Å². The highest BCUT2D eigenvalue weighted by molar-refractivity contribution is 9.11. The molecule has 0 bridgehead atoms. The fourth-order valence-electron chi connectivity index (χ4n) is 2.24. The number of methoxy groups -OCH3 is 1. The first kappa shape index (κ1) is 17.6. The molecule has 0 aromatic heterocycles. The smallest absolute Gasteiger partial charge is 0.258 e. The van der Waals surface area contributed by atoms with E-state index in [9.17, 15) is 4.79 Å². The summed E-state index contributed by atoms with van der Waals surface area (Å²) in [5.74, 6) is 0.925. The largest absolute Gasteiger partial charge is 0.494 e. The molecule has 0 atom stereocenters. The highest BCUT2D eigenvalue weighted by Crippen LogP contribution is 2.35. The van der Waals surface area contributed by atoms with Crippen LogP contribution in [0.25, 0.3) is 0 Å². The van der Waals surface area contributed by atoms with Crippen LogP contribution in [0.2, 0.25) is 0 Å². The average molecular weight is 444 g/mol. The molecule has 122 valence electrons. The van der Waals surface area contributed by atoms with Crippen LogP contribution in [0.3, 0.4) is 0 Å². The Kier molecular flexibility index (Phi) is 5.90. The molecule has 1 saturated heterocycles. The van der Waals surface area contributed by atoms with Crippen LogP contribution in [-0.2, 0) is 4.74 Å². The van der Waals surface area contributed by atoms with Crippen LogP contribution < -0.4 is 10.5 Å². The van der Waals surface area contributed by atoms with Gasteiger partial charge in [-0.05, 0) is 50.1 Å². The van der Waals surface area contributed by atoms with Gasteiger partial charge in [-0.25, -0.2) is 0 Å². The van der Waals surface area contributed by atoms with Gasteiger partial charge in [0.1, 0.15) is 12.4 Å². The molecule has 2 N–H and O–H groups in total. The summed E-state index contributed by atoms with van der Waals surface area (Å²) in [5, 5.41) is 0. The Balaban J connectivity index is 2.42. The second-order valence-electron chi connectivity index (χ2n) is 4.60. The van der Waals surface area contributed by atoms with Gasteiger partial charge >= 0.3 is 0 Å². The first-order valence-corrected chi connectivity index (χ1v) is 8.34. The monoisotopic (exact) mass is 442 g/mol. The minimum Gasteiger partial charge on any atom is -0.494 e. The number of amides is 1. The zero-order chi connectivity index (χ0) is 17.0. The fourth-order valence-corrected chi connectivity index (χ4v) is 3.75. The molecule has 5 nitrogen and oxygen atoms in total. The van der Waals surface area contributed by atoms with Gasteiger partial charge in [-0.2, -0.15) is 0 Å². The number of rotatable bonds is 3. The fraction of sp³-hybridized carbons (Fsp3) is 0.188. The Morgan fingerprint density at radius 2 is 2.09 bits per heavy atom. The number of hydrogen-bond donors (Lipinski definition) is 1. The number of carbonyl (C=O) groups is 1. The van der Waals surface area contributed by atoms with Crippen molar-refractivity contribution in [3.8, 4) is 5.75 Å². The van der Waals surface area contributed by atoms with Gasteiger partial charge in [0.05, 0.1) is 28.3 Å². The van der Waals surface area contributed by atoms with Gasteiger partial charge < -0.3 is 20.1 Å². The maximum Gasteiger partial charge on any atom is 0.258 e. The summed E-state index contributed by atoms with van der Waals surface area (Å²) < 4.78 is 12.1. The van der Waals surface area contributed by atoms with E-state index in [1.807, 2.05) is 0 Å². The highest BCUT2D eigenvalue weighted by atomic mass is 79.9. The van der Waals surface area contributed by atoms with Crippen molar-refractivity contribution >= 4 is 37.8 Å². The molecule has 0 spiro atoms. The molecule has 0 unspecified atom stereocenters. The van der Waals surface area contributed by atoms with E-state index in [1.54, 1.807) is 36.3 Å². The van der Waals surface area contributed by atoms with Gasteiger partial charge in [0.25, 0.3) is 5.91 Å². The molecule has 0 saturated carbocycles. The van der Waals surface area contributed by atoms with E-state index in [0.717, 1.165) is 0 Å². The number of nitrogens with zero attached hydrogens (tertiary/aromatic N) is 1. The number of nitrogens with two attached hydrogens (primary N) is 1. The quantitative estimate of drug-likeness (QED) is 0.775. The van der Waals surface area contributed by atoms with Crippen molar-refractivity contribution in [2.75, 3.05) is 20.3 Å². The first-order chi connectivity index (χ1) is 11.0. The molecule has 1 heterocycles. The minimum atomic E-state index is -0.162. The third-order valence-corrected chi connectivity index (χ3v) is 4.42. The van der Waals surface area contributed by atoms with Crippen molar-refractivity contribution in [2.45, 2.75) is 0 Å². The lowest BCUT2D eigenvalue weighted by molar-refractivity contribution is 0.0671. The summed E-state index contributed by atoms with van der Waals surface area (Å²) in [5.41, 5.74) is 6.68. The summed E-state index contributed by atoms with van der Waals surface area (Å²) in [7, 11) is 1.57. The number of allylic oxidation sites excluding steroid dienone is 2. The molecule has 2 rings (SSSR count). The molecular formula is C16H16Br2N2O3. The number of hydrogen-bond acceptors (Lipinski definition) is 4. The summed E-state index contributed by atoms with van der Waals surface area (Å²) >= 11 is 6.82. The molecule has 7 heteroatoms. The molecule has 0 radical (unpaired) electrons. The Hall–Kier alpha value is -1.73. The van der Waals surface area contributed by atoms with Crippen LogP contribution in [0.1, 0.15) is 10.4 Å². The minimum absolute atomic E-state index is 0.162. The third-order valence-electron chi connectivity index (χ3n) is 3.24. The highest BCUT2D eigenvalue weighted by Gasteiger charge is 2.27. The number of morpholine rings is 1. The van der Waals surface area contributed by atoms with Crippen molar-refractivity contribution in [3.63, 3.8) is 0 Å². The summed E-state index contributed by atoms with van der Waals surface area (Å²) in [6, 6.07) is 3.44. The van der Waals surface area contributed by atoms with Crippen LogP contribution in [0.15, 0.2) is 57.5 Å². The molecular weight excluding hydrogens is 428 g/mol. The lowest BCUT2D eigenvalue weighted by Crippen LogP contribution is -2.38. The number of ether oxygens (including phenoxy) is 2. The van der Waals surface area contributed by atoms with Crippen molar-refractivity contribution in [3.05, 3.63) is 63.0 Å². The van der Waals surface area contributed by atoms with E-state index in [4.69, 9.17) is 15.2 Å². The summed E-state index contributed by atoms with van der Waals surface area (Å²) in [6.07, 6.45) is 4.63. The lowest BCUT2D eigenvalue weighted by atomic mass is 10.1. The molecule has 1 fully saturated rings. The van der Waals surface area contributed by atoms with Crippen LogP contribution >= 0.6 is 31.9 Å². The molecule has 23 heavy (non-hydrogen) atoms. The molecule has 1 aliphatic rings. The summed E-state index contributed by atoms with van der Waals surface area (Å²) in [6.45, 7) is 4.48. The van der Waals surface area contributed by atoms with Gasteiger partial charge in [-0.15, -0.1) is 0 Å². The molecule has 0 aliphatic carbocycles. The van der Waals surface area contributed by atoms with E-state index in [0.29, 0.717) is 44.9 Å². The second-order valence-corrected chi connectivity index (χ2v) is 6.31. The van der Waals surface area contributed by atoms with Crippen molar-refractivity contribution in [1.29, 1.82) is 0 Å². The Bertz CT molecular complexity index is 676. The molecule has 1 amide bonds. The van der Waals surface area contributed by atoms with E-state index in [2.05, 4.69) is 38.4 Å². The molecule has 1 aromatic carbocycles. The number of carbonyl (C=O) groups excluding carboxylic acids is 1. The molecule has 1 aliphatic heterocycles. The zero-order valence-electron chi connectivity index (χ0n) is 12.5.